The summed E-state index contributed by atoms with van der Waals surface area (Å²) in [7, 11) is 0. The minimum Gasteiger partial charge on any atom is -0.489 e. The highest BCUT2D eigenvalue weighted by Crippen LogP contribution is 2.31. The number of amides is 1. The SMILES string of the molecule is O=CN1CCN([C@@H](C(=O)O)c2c[nH]c3cc(OCc4ccccc4)ccc23)CC1. The van der Waals surface area contributed by atoms with Crippen molar-refractivity contribution in [2.75, 3.05) is 26.2 Å². The zero-order chi connectivity index (χ0) is 20.2. The third kappa shape index (κ3) is 4.09. The van der Waals surface area contributed by atoms with Gasteiger partial charge in [-0.2, -0.15) is 0 Å². The molecule has 1 aliphatic heterocycles. The van der Waals surface area contributed by atoms with Gasteiger partial charge in [0.1, 0.15) is 18.4 Å². The maximum atomic E-state index is 12.1. The summed E-state index contributed by atoms with van der Waals surface area (Å²) in [6, 6.07) is 14.8. The third-order valence-corrected chi connectivity index (χ3v) is 5.33. The number of carboxylic acids is 1. The van der Waals surface area contributed by atoms with Gasteiger partial charge in [0.05, 0.1) is 0 Å². The van der Waals surface area contributed by atoms with Crippen molar-refractivity contribution in [3.05, 3.63) is 65.9 Å². The monoisotopic (exact) mass is 393 g/mol. The van der Waals surface area contributed by atoms with E-state index in [1.165, 1.54) is 0 Å². The van der Waals surface area contributed by atoms with Crippen LogP contribution >= 0.6 is 0 Å². The van der Waals surface area contributed by atoms with Gasteiger partial charge in [0.15, 0.2) is 0 Å². The summed E-state index contributed by atoms with van der Waals surface area (Å²) in [6.45, 7) is 2.60. The van der Waals surface area contributed by atoms with Crippen molar-refractivity contribution in [2.24, 2.45) is 0 Å². The molecule has 2 aromatic carbocycles. The molecule has 1 fully saturated rings. The van der Waals surface area contributed by atoms with E-state index in [9.17, 15) is 14.7 Å². The van der Waals surface area contributed by atoms with E-state index in [2.05, 4.69) is 4.98 Å². The second kappa shape index (κ2) is 8.36. The Kier molecular flexibility index (Phi) is 5.48. The summed E-state index contributed by atoms with van der Waals surface area (Å²) in [5.74, 6) is -0.170. The molecule has 1 atom stereocenters. The van der Waals surface area contributed by atoms with Gasteiger partial charge in [-0.15, -0.1) is 0 Å². The number of aromatic amines is 1. The molecule has 7 heteroatoms. The lowest BCUT2D eigenvalue weighted by atomic mass is 10.0. The van der Waals surface area contributed by atoms with Crippen LogP contribution in [-0.4, -0.2) is 58.4 Å². The Morgan fingerprint density at radius 1 is 1.14 bits per heavy atom. The number of nitrogens with one attached hydrogen (secondary N) is 1. The molecule has 1 aliphatic rings. The lowest BCUT2D eigenvalue weighted by Crippen LogP contribution is -2.48. The van der Waals surface area contributed by atoms with Gasteiger partial charge < -0.3 is 19.7 Å². The number of hydrogen-bond acceptors (Lipinski definition) is 4. The molecule has 0 unspecified atom stereocenters. The Labute approximate surface area is 168 Å². The number of hydrogen-bond donors (Lipinski definition) is 2. The van der Waals surface area contributed by atoms with Crippen LogP contribution in [0.4, 0.5) is 0 Å². The summed E-state index contributed by atoms with van der Waals surface area (Å²) < 4.78 is 5.87. The average Bonchev–Trinajstić information content (AvgIpc) is 3.16. The highest BCUT2D eigenvalue weighted by molar-refractivity contribution is 5.90. The quantitative estimate of drug-likeness (QED) is 0.603. The third-order valence-electron chi connectivity index (χ3n) is 5.33. The molecule has 2 N–H and O–H groups in total. The summed E-state index contributed by atoms with van der Waals surface area (Å²) in [5.41, 5.74) is 2.64. The van der Waals surface area contributed by atoms with Crippen molar-refractivity contribution in [1.82, 2.24) is 14.8 Å². The average molecular weight is 393 g/mol. The smallest absolute Gasteiger partial charge is 0.325 e. The van der Waals surface area contributed by atoms with E-state index in [1.54, 1.807) is 11.1 Å². The normalized spacial score (nSPS) is 15.9. The summed E-state index contributed by atoms with van der Waals surface area (Å²) in [6.07, 6.45) is 2.58. The number of carbonyl (C=O) groups is 2. The second-order valence-corrected chi connectivity index (χ2v) is 7.14. The lowest BCUT2D eigenvalue weighted by molar-refractivity contribution is -0.144. The molecule has 29 heavy (non-hydrogen) atoms. The van der Waals surface area contributed by atoms with Crippen LogP contribution in [0.1, 0.15) is 17.2 Å². The number of carbonyl (C=O) groups excluding carboxylic acids is 1. The van der Waals surface area contributed by atoms with Gasteiger partial charge in [0.25, 0.3) is 0 Å². The summed E-state index contributed by atoms with van der Waals surface area (Å²) in [4.78, 5) is 29.7. The first-order valence-electron chi connectivity index (χ1n) is 9.59. The standard InChI is InChI=1S/C22H23N3O4/c26-15-24-8-10-25(11-9-24)21(22(27)28)19-13-23-20-12-17(6-7-18(19)20)29-14-16-4-2-1-3-5-16/h1-7,12-13,15,21,23H,8-11,14H2,(H,27,28)/t21-/m1/s1. The van der Waals surface area contributed by atoms with Crippen molar-refractivity contribution < 1.29 is 19.4 Å². The molecule has 0 aliphatic carbocycles. The predicted octanol–water partition coefficient (Wildman–Crippen LogP) is 2.65. The number of fused-ring (bicyclic) bond motifs is 1. The summed E-state index contributed by atoms with van der Waals surface area (Å²) in [5, 5.41) is 10.7. The zero-order valence-corrected chi connectivity index (χ0v) is 16.0. The molecular weight excluding hydrogens is 370 g/mol. The van der Waals surface area contributed by atoms with E-state index in [0.717, 1.165) is 34.2 Å². The maximum absolute atomic E-state index is 12.1. The highest BCUT2D eigenvalue weighted by atomic mass is 16.5. The Hall–Kier alpha value is -3.32. The fraction of sp³-hybridized carbons (Fsp3) is 0.273. The number of H-pyrrole nitrogens is 1. The molecule has 0 saturated carbocycles. The van der Waals surface area contributed by atoms with Crippen molar-refractivity contribution in [2.45, 2.75) is 12.6 Å². The van der Waals surface area contributed by atoms with Gasteiger partial charge in [-0.25, -0.2) is 0 Å². The largest absolute Gasteiger partial charge is 0.489 e. The van der Waals surface area contributed by atoms with Crippen LogP contribution in [-0.2, 0) is 16.2 Å². The maximum Gasteiger partial charge on any atom is 0.325 e. The zero-order valence-electron chi connectivity index (χ0n) is 16.0. The molecule has 0 bridgehead atoms. The Bertz CT molecular complexity index is 994. The van der Waals surface area contributed by atoms with Crippen molar-refractivity contribution in [3.63, 3.8) is 0 Å². The van der Waals surface area contributed by atoms with Crippen LogP contribution in [0.3, 0.4) is 0 Å². The molecule has 1 saturated heterocycles. The van der Waals surface area contributed by atoms with Crippen molar-refractivity contribution in [3.8, 4) is 5.75 Å². The molecule has 0 spiro atoms. The Balaban J connectivity index is 1.54. The van der Waals surface area contributed by atoms with E-state index in [1.807, 2.05) is 53.4 Å². The van der Waals surface area contributed by atoms with E-state index in [4.69, 9.17) is 4.74 Å². The first-order valence-corrected chi connectivity index (χ1v) is 9.59. The van der Waals surface area contributed by atoms with Gasteiger partial charge in [0, 0.05) is 54.9 Å². The minimum atomic E-state index is -0.894. The number of carboxylic acid groups (broad SMARTS) is 1. The van der Waals surface area contributed by atoms with Gasteiger partial charge in [0.2, 0.25) is 6.41 Å². The molecule has 4 rings (SSSR count). The fourth-order valence-corrected chi connectivity index (χ4v) is 3.77. The second-order valence-electron chi connectivity index (χ2n) is 7.14. The minimum absolute atomic E-state index is 0.471. The first-order chi connectivity index (χ1) is 14.2. The molecule has 150 valence electrons. The van der Waals surface area contributed by atoms with Gasteiger partial charge >= 0.3 is 5.97 Å². The number of piperazine rings is 1. The number of ether oxygens (including phenoxy) is 1. The van der Waals surface area contributed by atoms with Crippen molar-refractivity contribution >= 4 is 23.3 Å². The molecule has 2 heterocycles. The van der Waals surface area contributed by atoms with Crippen molar-refractivity contribution in [1.29, 1.82) is 0 Å². The van der Waals surface area contributed by atoms with E-state index in [0.29, 0.717) is 32.8 Å². The number of nitrogens with zero attached hydrogens (tertiary/aromatic N) is 2. The van der Waals surface area contributed by atoms with Crippen LogP contribution in [0, 0.1) is 0 Å². The van der Waals surface area contributed by atoms with Crippen LogP contribution in [0.5, 0.6) is 5.75 Å². The van der Waals surface area contributed by atoms with Crippen LogP contribution < -0.4 is 4.74 Å². The topological polar surface area (TPSA) is 85.9 Å². The van der Waals surface area contributed by atoms with Crippen LogP contribution in [0.2, 0.25) is 0 Å². The van der Waals surface area contributed by atoms with Gasteiger partial charge in [-0.05, 0) is 17.7 Å². The highest BCUT2D eigenvalue weighted by Gasteiger charge is 2.31. The molecule has 1 amide bonds. The van der Waals surface area contributed by atoms with E-state index in [-0.39, 0.29) is 0 Å². The number of aromatic nitrogens is 1. The Morgan fingerprint density at radius 3 is 2.59 bits per heavy atom. The van der Waals surface area contributed by atoms with Crippen LogP contribution in [0.25, 0.3) is 10.9 Å². The van der Waals surface area contributed by atoms with E-state index < -0.39 is 12.0 Å². The number of benzene rings is 2. The Morgan fingerprint density at radius 2 is 1.90 bits per heavy atom. The van der Waals surface area contributed by atoms with E-state index >= 15 is 0 Å². The van der Waals surface area contributed by atoms with Gasteiger partial charge in [-0.3, -0.25) is 14.5 Å². The molecule has 3 aromatic rings. The fourth-order valence-electron chi connectivity index (χ4n) is 3.77. The van der Waals surface area contributed by atoms with Crippen LogP contribution in [0.15, 0.2) is 54.7 Å². The molecule has 7 nitrogen and oxygen atoms in total. The summed E-state index contributed by atoms with van der Waals surface area (Å²) >= 11 is 0. The number of aliphatic carboxylic acids is 1. The molecule has 0 radical (unpaired) electrons. The molecule has 1 aromatic heterocycles. The first kappa shape index (κ1) is 19.0. The van der Waals surface area contributed by atoms with Gasteiger partial charge in [-0.1, -0.05) is 30.3 Å². The number of rotatable bonds is 7. The lowest BCUT2D eigenvalue weighted by Gasteiger charge is -2.36. The predicted molar refractivity (Wildman–Crippen MR) is 109 cm³/mol. The molecular formula is C22H23N3O4.